The Kier molecular flexibility index (Phi) is 4.46. The Morgan fingerprint density at radius 2 is 1.96 bits per heavy atom. The molecular weight excluding hydrogens is 414 g/mol. The Bertz CT molecular complexity index is 698. The topological polar surface area (TPSA) is 70.7 Å². The van der Waals surface area contributed by atoms with E-state index in [4.69, 9.17) is 0 Å². The van der Waals surface area contributed by atoms with Crippen LogP contribution >= 0.6 is 15.9 Å². The summed E-state index contributed by atoms with van der Waals surface area (Å²) >= 11 is 2.68. The molecule has 1 aliphatic rings. The van der Waals surface area contributed by atoms with E-state index < -0.39 is 47.1 Å². The zero-order valence-corrected chi connectivity index (χ0v) is 13.4. The third-order valence-electron chi connectivity index (χ3n) is 3.30. The second-order valence-electron chi connectivity index (χ2n) is 4.93. The Morgan fingerprint density at radius 3 is 2.42 bits per heavy atom. The van der Waals surface area contributed by atoms with Crippen LogP contribution in [0.4, 0.5) is 26.3 Å². The Morgan fingerprint density at radius 1 is 1.38 bits per heavy atom. The van der Waals surface area contributed by atoms with Gasteiger partial charge in [-0.25, -0.2) is 0 Å². The van der Waals surface area contributed by atoms with Gasteiger partial charge in [0.1, 0.15) is 6.54 Å². The second kappa shape index (κ2) is 5.72. The van der Waals surface area contributed by atoms with Crippen molar-refractivity contribution in [3.63, 3.8) is 0 Å². The molecule has 0 aromatic carbocycles. The fraction of sp³-hybridized carbons (Fsp3) is 0.545. The van der Waals surface area contributed by atoms with Gasteiger partial charge in [-0.3, -0.25) is 9.48 Å². The van der Waals surface area contributed by atoms with Crippen molar-refractivity contribution in [1.82, 2.24) is 14.8 Å². The molecule has 1 amide bonds. The van der Waals surface area contributed by atoms with Crippen molar-refractivity contribution >= 4 is 28.1 Å². The number of alkyl halides is 6. The number of amides is 1. The maximum Gasteiger partial charge on any atom is 0.438 e. The highest BCUT2D eigenvalue weighted by Crippen LogP contribution is 2.39. The Hall–Kier alpha value is -1.63. The average Bonchev–Trinajstić information content (AvgIpc) is 2.94. The minimum Gasteiger partial charge on any atom is -0.362 e. The van der Waals surface area contributed by atoms with Gasteiger partial charge >= 0.3 is 12.4 Å². The maximum absolute atomic E-state index is 12.9. The molecule has 0 saturated carbocycles. The largest absolute Gasteiger partial charge is 0.438 e. The van der Waals surface area contributed by atoms with Crippen LogP contribution in [0.25, 0.3) is 0 Å². The summed E-state index contributed by atoms with van der Waals surface area (Å²) in [6, 6.07) is 0. The zero-order chi connectivity index (χ0) is 18.5. The van der Waals surface area contributed by atoms with Gasteiger partial charge in [0, 0.05) is 12.6 Å². The van der Waals surface area contributed by atoms with E-state index in [2.05, 4.69) is 26.1 Å². The van der Waals surface area contributed by atoms with Crippen LogP contribution in [-0.2, 0) is 17.5 Å². The molecule has 1 aromatic heterocycles. The lowest BCUT2D eigenvalue weighted by atomic mass is 10.1. The van der Waals surface area contributed by atoms with E-state index in [1.165, 1.54) is 6.92 Å². The summed E-state index contributed by atoms with van der Waals surface area (Å²) in [6.45, 7) is 0.235. The minimum atomic E-state index is -5.18. The SMILES string of the molecule is Cc1c(Br)c(C(F)(F)F)nn1CC(=O)N1N=CC[C@@]1(O)C(F)(F)F. The van der Waals surface area contributed by atoms with Crippen LogP contribution in [0.3, 0.4) is 0 Å². The molecule has 0 saturated heterocycles. The maximum atomic E-state index is 12.9. The van der Waals surface area contributed by atoms with Gasteiger partial charge in [-0.15, -0.1) is 0 Å². The lowest BCUT2D eigenvalue weighted by Gasteiger charge is -2.32. The third kappa shape index (κ3) is 3.01. The first-order valence-electron chi connectivity index (χ1n) is 6.23. The van der Waals surface area contributed by atoms with Crippen LogP contribution in [0, 0.1) is 6.92 Å². The van der Waals surface area contributed by atoms with Crippen LogP contribution in [0.15, 0.2) is 9.57 Å². The molecule has 13 heteroatoms. The summed E-state index contributed by atoms with van der Waals surface area (Å²) < 4.78 is 77.1. The third-order valence-corrected chi connectivity index (χ3v) is 4.25. The van der Waals surface area contributed by atoms with Gasteiger partial charge in [0.05, 0.1) is 10.2 Å². The van der Waals surface area contributed by atoms with E-state index in [1.807, 2.05) is 0 Å². The molecule has 0 unspecified atom stereocenters. The first-order chi connectivity index (χ1) is 10.8. The number of hydrogen-bond donors (Lipinski definition) is 1. The monoisotopic (exact) mass is 422 g/mol. The van der Waals surface area contributed by atoms with E-state index in [0.717, 1.165) is 0 Å². The van der Waals surface area contributed by atoms with Crippen molar-refractivity contribution < 1.29 is 36.2 Å². The Labute approximate surface area is 138 Å². The second-order valence-corrected chi connectivity index (χ2v) is 5.72. The number of carbonyl (C=O) groups is 1. The highest BCUT2D eigenvalue weighted by Gasteiger charge is 2.61. The van der Waals surface area contributed by atoms with Crippen molar-refractivity contribution in [2.24, 2.45) is 5.10 Å². The number of hydrazone groups is 1. The molecule has 24 heavy (non-hydrogen) atoms. The van der Waals surface area contributed by atoms with Gasteiger partial charge in [-0.2, -0.15) is 41.6 Å². The molecule has 0 spiro atoms. The van der Waals surface area contributed by atoms with Crippen molar-refractivity contribution in [2.75, 3.05) is 0 Å². The van der Waals surface area contributed by atoms with Gasteiger partial charge < -0.3 is 5.11 Å². The number of hydrogen-bond acceptors (Lipinski definition) is 4. The predicted octanol–water partition coefficient (Wildman–Crippen LogP) is 2.44. The summed E-state index contributed by atoms with van der Waals surface area (Å²) in [4.78, 5) is 12.0. The zero-order valence-electron chi connectivity index (χ0n) is 11.8. The molecular formula is C11H9BrF6N4O2. The highest BCUT2D eigenvalue weighted by atomic mass is 79.9. The molecule has 0 radical (unpaired) electrons. The minimum absolute atomic E-state index is 0.116. The first kappa shape index (κ1) is 18.7. The Balaban J connectivity index is 2.30. The molecule has 1 aliphatic heterocycles. The standard InChI is InChI=1S/C11H9BrF6N4O2/c1-5-7(12)8(10(13,14)15)20-21(5)4-6(23)22-9(24,2-3-19-22)11(16,17)18/h3,24H,2,4H2,1H3/t9-/m1/s1. The molecule has 134 valence electrons. The average molecular weight is 423 g/mol. The number of halogens is 7. The molecule has 1 aromatic rings. The van der Waals surface area contributed by atoms with Crippen molar-refractivity contribution in [2.45, 2.75) is 38.0 Å². The highest BCUT2D eigenvalue weighted by molar-refractivity contribution is 9.10. The fourth-order valence-electron chi connectivity index (χ4n) is 1.99. The van der Waals surface area contributed by atoms with E-state index in [0.29, 0.717) is 10.9 Å². The van der Waals surface area contributed by atoms with Crippen LogP contribution in [-0.4, -0.2) is 43.9 Å². The van der Waals surface area contributed by atoms with E-state index in [9.17, 15) is 36.2 Å². The van der Waals surface area contributed by atoms with E-state index in [1.54, 1.807) is 0 Å². The molecule has 1 atom stereocenters. The molecule has 0 fully saturated rings. The van der Waals surface area contributed by atoms with Crippen molar-refractivity contribution in [1.29, 1.82) is 0 Å². The number of aromatic nitrogens is 2. The van der Waals surface area contributed by atoms with E-state index in [-0.39, 0.29) is 10.7 Å². The van der Waals surface area contributed by atoms with Gasteiger partial charge in [0.25, 0.3) is 11.6 Å². The predicted molar refractivity (Wildman–Crippen MR) is 70.6 cm³/mol. The van der Waals surface area contributed by atoms with Crippen LogP contribution < -0.4 is 0 Å². The lowest BCUT2D eigenvalue weighted by molar-refractivity contribution is -0.302. The number of aliphatic hydroxyl groups is 1. The van der Waals surface area contributed by atoms with Crippen LogP contribution in [0.2, 0.25) is 0 Å². The van der Waals surface area contributed by atoms with E-state index >= 15 is 0 Å². The molecule has 0 aliphatic carbocycles. The van der Waals surface area contributed by atoms with Crippen molar-refractivity contribution in [3.8, 4) is 0 Å². The summed E-state index contributed by atoms with van der Waals surface area (Å²) in [5.74, 6) is -1.37. The summed E-state index contributed by atoms with van der Waals surface area (Å²) in [5.41, 5.74) is -4.96. The first-order valence-corrected chi connectivity index (χ1v) is 7.03. The summed E-state index contributed by atoms with van der Waals surface area (Å²) in [6.07, 6.45) is -10.3. The van der Waals surface area contributed by atoms with Crippen molar-refractivity contribution in [3.05, 3.63) is 15.9 Å². The number of carbonyl (C=O) groups excluding carboxylic acids is 1. The molecule has 2 heterocycles. The van der Waals surface area contributed by atoms with Crippen LogP contribution in [0.5, 0.6) is 0 Å². The molecule has 2 rings (SSSR count). The molecule has 6 nitrogen and oxygen atoms in total. The van der Waals surface area contributed by atoms with Gasteiger partial charge in [-0.1, -0.05) is 0 Å². The van der Waals surface area contributed by atoms with Gasteiger partial charge in [0.2, 0.25) is 0 Å². The number of nitrogens with zero attached hydrogens (tertiary/aromatic N) is 4. The summed E-state index contributed by atoms with van der Waals surface area (Å²) in [5, 5.41) is 15.8. The number of rotatable bonds is 2. The quantitative estimate of drug-likeness (QED) is 0.744. The summed E-state index contributed by atoms with van der Waals surface area (Å²) in [7, 11) is 0. The smallest absolute Gasteiger partial charge is 0.362 e. The normalized spacial score (nSPS) is 21.6. The lowest BCUT2D eigenvalue weighted by Crippen LogP contribution is -2.57. The fourth-order valence-corrected chi connectivity index (χ4v) is 2.50. The van der Waals surface area contributed by atoms with Crippen LogP contribution in [0.1, 0.15) is 17.8 Å². The van der Waals surface area contributed by atoms with Gasteiger partial charge in [-0.05, 0) is 22.9 Å². The molecule has 0 bridgehead atoms. The molecule has 1 N–H and O–H groups in total. The van der Waals surface area contributed by atoms with Gasteiger partial charge in [0.15, 0.2) is 5.69 Å².